The largest absolute Gasteiger partial charge is 0.462 e. The normalized spacial score (nSPS) is 18.1. The minimum atomic E-state index is -3.84. The van der Waals surface area contributed by atoms with Crippen molar-refractivity contribution in [2.45, 2.75) is 45.6 Å². The number of benzene rings is 1. The SMILES string of the molecule is CCOC(=O)c1c(C)[nH]c(C)c1S(=O)(=O)N1CCN(c2cccc(C)c2)[C@@H](C)C1. The van der Waals surface area contributed by atoms with Gasteiger partial charge in [0.2, 0.25) is 10.0 Å². The number of aryl methyl sites for hydroxylation is 3. The number of carbonyl (C=O) groups is 1. The second kappa shape index (κ2) is 8.20. The molecule has 1 N–H and O–H groups in total. The van der Waals surface area contributed by atoms with Crippen molar-refractivity contribution in [2.75, 3.05) is 31.1 Å². The molecule has 0 spiro atoms. The Kier molecular flexibility index (Phi) is 6.05. The first-order chi connectivity index (χ1) is 13.7. The number of hydrogen-bond acceptors (Lipinski definition) is 5. The van der Waals surface area contributed by atoms with Crippen LogP contribution in [0.4, 0.5) is 5.69 Å². The molecule has 1 aliphatic rings. The molecular weight excluding hydrogens is 390 g/mol. The summed E-state index contributed by atoms with van der Waals surface area (Å²) in [5.41, 5.74) is 3.33. The number of ether oxygens (including phenoxy) is 1. The number of piperazine rings is 1. The first-order valence-corrected chi connectivity index (χ1v) is 11.3. The molecule has 158 valence electrons. The second-order valence-electron chi connectivity index (χ2n) is 7.54. The minimum absolute atomic E-state index is 0.00622. The van der Waals surface area contributed by atoms with Crippen molar-refractivity contribution in [3.8, 4) is 0 Å². The number of aromatic nitrogens is 1. The molecule has 1 fully saturated rings. The molecule has 3 rings (SSSR count). The summed E-state index contributed by atoms with van der Waals surface area (Å²) in [7, 11) is -3.84. The van der Waals surface area contributed by atoms with Gasteiger partial charge in [-0.05, 0) is 52.3 Å². The molecule has 0 unspecified atom stereocenters. The summed E-state index contributed by atoms with van der Waals surface area (Å²) in [6.45, 7) is 10.6. The summed E-state index contributed by atoms with van der Waals surface area (Å²) in [5, 5.41) is 0. The lowest BCUT2D eigenvalue weighted by atomic mass is 10.1. The minimum Gasteiger partial charge on any atom is -0.462 e. The second-order valence-corrected chi connectivity index (χ2v) is 9.42. The van der Waals surface area contributed by atoms with Gasteiger partial charge in [0.05, 0.1) is 6.61 Å². The summed E-state index contributed by atoms with van der Waals surface area (Å²) in [4.78, 5) is 17.7. The average molecular weight is 420 g/mol. The first kappa shape index (κ1) is 21.4. The van der Waals surface area contributed by atoms with E-state index in [2.05, 4.69) is 16.0 Å². The van der Waals surface area contributed by atoms with Crippen molar-refractivity contribution in [2.24, 2.45) is 0 Å². The molecule has 0 amide bonds. The van der Waals surface area contributed by atoms with Crippen LogP contribution in [-0.4, -0.2) is 56.0 Å². The number of aromatic amines is 1. The van der Waals surface area contributed by atoms with Crippen LogP contribution in [0.25, 0.3) is 0 Å². The van der Waals surface area contributed by atoms with E-state index in [1.807, 2.05) is 32.0 Å². The third kappa shape index (κ3) is 4.04. The topological polar surface area (TPSA) is 82.7 Å². The van der Waals surface area contributed by atoms with Gasteiger partial charge in [0.25, 0.3) is 0 Å². The van der Waals surface area contributed by atoms with E-state index in [0.29, 0.717) is 31.0 Å². The van der Waals surface area contributed by atoms with Crippen molar-refractivity contribution in [3.05, 3.63) is 46.8 Å². The number of sulfonamides is 1. The highest BCUT2D eigenvalue weighted by Gasteiger charge is 2.37. The zero-order valence-electron chi connectivity index (χ0n) is 17.7. The van der Waals surface area contributed by atoms with Crippen molar-refractivity contribution in [3.63, 3.8) is 0 Å². The fraction of sp³-hybridized carbons (Fsp3) is 0.476. The van der Waals surface area contributed by atoms with E-state index >= 15 is 0 Å². The van der Waals surface area contributed by atoms with Gasteiger partial charge in [0.15, 0.2) is 0 Å². The van der Waals surface area contributed by atoms with Crippen LogP contribution in [0.3, 0.4) is 0 Å². The Labute approximate surface area is 172 Å². The van der Waals surface area contributed by atoms with Gasteiger partial charge < -0.3 is 14.6 Å². The van der Waals surface area contributed by atoms with Crippen LogP contribution >= 0.6 is 0 Å². The zero-order chi connectivity index (χ0) is 21.3. The van der Waals surface area contributed by atoms with Crippen LogP contribution in [0.2, 0.25) is 0 Å². The van der Waals surface area contributed by atoms with Gasteiger partial charge in [-0.3, -0.25) is 0 Å². The Morgan fingerprint density at radius 2 is 1.93 bits per heavy atom. The molecule has 1 aliphatic heterocycles. The molecule has 1 atom stereocenters. The highest BCUT2D eigenvalue weighted by molar-refractivity contribution is 7.89. The maximum Gasteiger partial charge on any atom is 0.341 e. The van der Waals surface area contributed by atoms with Crippen molar-refractivity contribution >= 4 is 21.7 Å². The number of hydrogen-bond donors (Lipinski definition) is 1. The van der Waals surface area contributed by atoms with E-state index in [1.165, 1.54) is 9.87 Å². The van der Waals surface area contributed by atoms with Crippen LogP contribution in [0.15, 0.2) is 29.2 Å². The number of nitrogens with one attached hydrogen (secondary N) is 1. The number of carbonyl (C=O) groups excluding carboxylic acids is 1. The van der Waals surface area contributed by atoms with Crippen LogP contribution < -0.4 is 4.90 Å². The maximum absolute atomic E-state index is 13.5. The van der Waals surface area contributed by atoms with Crippen LogP contribution in [0, 0.1) is 20.8 Å². The fourth-order valence-corrected chi connectivity index (χ4v) is 5.92. The molecule has 2 aromatic rings. The van der Waals surface area contributed by atoms with E-state index in [0.717, 1.165) is 5.69 Å². The van der Waals surface area contributed by atoms with Gasteiger partial charge in [-0.25, -0.2) is 13.2 Å². The smallest absolute Gasteiger partial charge is 0.341 e. The van der Waals surface area contributed by atoms with E-state index < -0.39 is 16.0 Å². The van der Waals surface area contributed by atoms with E-state index in [1.54, 1.807) is 20.8 Å². The third-order valence-corrected chi connectivity index (χ3v) is 7.36. The van der Waals surface area contributed by atoms with Crippen LogP contribution in [0.5, 0.6) is 0 Å². The molecular formula is C21H29N3O4S. The molecule has 7 nitrogen and oxygen atoms in total. The number of anilines is 1. The Morgan fingerprint density at radius 1 is 1.21 bits per heavy atom. The molecule has 0 aliphatic carbocycles. The van der Waals surface area contributed by atoms with E-state index in [9.17, 15) is 13.2 Å². The number of esters is 1. The standard InChI is InChI=1S/C21H29N3O4S/c1-6-28-21(25)19-16(4)22-17(5)20(19)29(26,27)23-10-11-24(15(3)13-23)18-9-7-8-14(2)12-18/h7-9,12,15,22H,6,10-11,13H2,1-5H3/t15-/m0/s1. The number of rotatable bonds is 5. The van der Waals surface area contributed by atoms with E-state index in [4.69, 9.17) is 4.74 Å². The van der Waals surface area contributed by atoms with E-state index in [-0.39, 0.29) is 23.1 Å². The van der Waals surface area contributed by atoms with Gasteiger partial charge in [-0.2, -0.15) is 4.31 Å². The molecule has 2 heterocycles. The lowest BCUT2D eigenvalue weighted by Crippen LogP contribution is -2.53. The summed E-state index contributed by atoms with van der Waals surface area (Å²) >= 11 is 0. The molecule has 8 heteroatoms. The Morgan fingerprint density at radius 3 is 2.55 bits per heavy atom. The molecule has 0 radical (unpaired) electrons. The number of H-pyrrole nitrogens is 1. The number of nitrogens with zero attached hydrogens (tertiary/aromatic N) is 2. The zero-order valence-corrected chi connectivity index (χ0v) is 18.5. The fourth-order valence-electron chi connectivity index (χ4n) is 3.99. The summed E-state index contributed by atoms with van der Waals surface area (Å²) in [5.74, 6) is -0.612. The summed E-state index contributed by atoms with van der Waals surface area (Å²) < 4.78 is 33.5. The first-order valence-electron chi connectivity index (χ1n) is 9.86. The Hall–Kier alpha value is -2.32. The Balaban J connectivity index is 1.90. The summed E-state index contributed by atoms with van der Waals surface area (Å²) in [6, 6.07) is 8.22. The predicted molar refractivity (Wildman–Crippen MR) is 113 cm³/mol. The summed E-state index contributed by atoms with van der Waals surface area (Å²) in [6.07, 6.45) is 0. The highest BCUT2D eigenvalue weighted by Crippen LogP contribution is 2.30. The molecule has 0 saturated carbocycles. The molecule has 0 bridgehead atoms. The van der Waals surface area contributed by atoms with Gasteiger partial charge in [-0.15, -0.1) is 0 Å². The lowest BCUT2D eigenvalue weighted by Gasteiger charge is -2.40. The average Bonchev–Trinajstić information content (AvgIpc) is 2.96. The van der Waals surface area contributed by atoms with Gasteiger partial charge in [0.1, 0.15) is 10.5 Å². The van der Waals surface area contributed by atoms with Gasteiger partial charge in [-0.1, -0.05) is 12.1 Å². The van der Waals surface area contributed by atoms with Crippen LogP contribution in [-0.2, 0) is 14.8 Å². The van der Waals surface area contributed by atoms with Gasteiger partial charge >= 0.3 is 5.97 Å². The Bertz CT molecular complexity index is 1010. The molecule has 1 aromatic heterocycles. The third-order valence-electron chi connectivity index (χ3n) is 5.32. The molecule has 1 aromatic carbocycles. The van der Waals surface area contributed by atoms with Crippen molar-refractivity contribution < 1.29 is 17.9 Å². The monoisotopic (exact) mass is 419 g/mol. The maximum atomic E-state index is 13.5. The molecule has 1 saturated heterocycles. The van der Waals surface area contributed by atoms with Gasteiger partial charge in [0, 0.05) is 42.8 Å². The predicted octanol–water partition coefficient (Wildman–Crippen LogP) is 3.02. The van der Waals surface area contributed by atoms with Crippen LogP contribution in [0.1, 0.15) is 41.2 Å². The van der Waals surface area contributed by atoms with Crippen molar-refractivity contribution in [1.82, 2.24) is 9.29 Å². The van der Waals surface area contributed by atoms with Crippen molar-refractivity contribution in [1.29, 1.82) is 0 Å². The highest BCUT2D eigenvalue weighted by atomic mass is 32.2. The lowest BCUT2D eigenvalue weighted by molar-refractivity contribution is 0.0521. The molecule has 29 heavy (non-hydrogen) atoms. The quantitative estimate of drug-likeness (QED) is 0.754.